The minimum atomic E-state index is -0.0855. The van der Waals surface area contributed by atoms with Crippen LogP contribution in [0.1, 0.15) is 0 Å². The van der Waals surface area contributed by atoms with E-state index in [1.54, 1.807) is 16.5 Å². The van der Waals surface area contributed by atoms with Crippen LogP contribution in [-0.2, 0) is 0 Å². The van der Waals surface area contributed by atoms with E-state index in [0.717, 1.165) is 11.1 Å². The molecule has 0 aliphatic carbocycles. The lowest BCUT2D eigenvalue weighted by Gasteiger charge is -2.03. The summed E-state index contributed by atoms with van der Waals surface area (Å²) in [4.78, 5) is 17.4. The van der Waals surface area contributed by atoms with Crippen LogP contribution in [0, 0.1) is 0 Å². The number of imidazole rings is 1. The van der Waals surface area contributed by atoms with Gasteiger partial charge in [0.2, 0.25) is 11.1 Å². The lowest BCUT2D eigenvalue weighted by Crippen LogP contribution is -2.04. The van der Waals surface area contributed by atoms with Crippen LogP contribution in [0.15, 0.2) is 76.1 Å². The van der Waals surface area contributed by atoms with Gasteiger partial charge in [-0.25, -0.2) is 0 Å². The molecule has 0 amide bonds. The van der Waals surface area contributed by atoms with Gasteiger partial charge >= 0.3 is 0 Å². The summed E-state index contributed by atoms with van der Waals surface area (Å²) < 4.78 is 7.61. The highest BCUT2D eigenvalue weighted by atomic mass is 35.5. The Balaban J connectivity index is 1.86. The van der Waals surface area contributed by atoms with Gasteiger partial charge in [0.05, 0.1) is 5.39 Å². The number of pyridine rings is 1. The van der Waals surface area contributed by atoms with Crippen molar-refractivity contribution in [2.75, 3.05) is 0 Å². The summed E-state index contributed by atoms with van der Waals surface area (Å²) in [6, 6.07) is 18.6. The monoisotopic (exact) mass is 346 g/mol. The van der Waals surface area contributed by atoms with Crippen molar-refractivity contribution in [1.29, 1.82) is 0 Å². The summed E-state index contributed by atoms with van der Waals surface area (Å²) in [6.45, 7) is 0. The number of para-hydroxylation sites is 1. The minimum Gasteiger partial charge on any atom is -0.436 e. The SMILES string of the molecule is O=c1c2ccccc2oc2nc3ccc(-c4ccc(Cl)cc4)cn3c12. The molecule has 0 radical (unpaired) electrons. The fraction of sp³-hybridized carbons (Fsp3) is 0. The van der Waals surface area contributed by atoms with Gasteiger partial charge in [0, 0.05) is 11.2 Å². The molecule has 25 heavy (non-hydrogen) atoms. The van der Waals surface area contributed by atoms with Crippen molar-refractivity contribution in [3.63, 3.8) is 0 Å². The molecule has 5 aromatic rings. The van der Waals surface area contributed by atoms with Gasteiger partial charge in [-0.15, -0.1) is 0 Å². The first kappa shape index (κ1) is 14.3. The number of fused-ring (bicyclic) bond motifs is 4. The molecule has 0 N–H and O–H groups in total. The number of aromatic nitrogens is 2. The third-order valence-electron chi connectivity index (χ3n) is 4.32. The van der Waals surface area contributed by atoms with Gasteiger partial charge in [-0.3, -0.25) is 9.20 Å². The van der Waals surface area contributed by atoms with E-state index in [1.165, 1.54) is 0 Å². The summed E-state index contributed by atoms with van der Waals surface area (Å²) in [5.41, 5.74) is 3.90. The molecule has 4 nitrogen and oxygen atoms in total. The van der Waals surface area contributed by atoms with Gasteiger partial charge in [0.15, 0.2) is 5.52 Å². The van der Waals surface area contributed by atoms with Crippen LogP contribution in [-0.4, -0.2) is 9.38 Å². The maximum atomic E-state index is 12.9. The van der Waals surface area contributed by atoms with E-state index in [1.807, 2.05) is 54.7 Å². The molecule has 0 saturated heterocycles. The van der Waals surface area contributed by atoms with Crippen LogP contribution in [0.4, 0.5) is 0 Å². The quantitative estimate of drug-likeness (QED) is 0.433. The lowest BCUT2D eigenvalue weighted by atomic mass is 10.1. The van der Waals surface area contributed by atoms with E-state index in [0.29, 0.717) is 32.9 Å². The van der Waals surface area contributed by atoms with Gasteiger partial charge in [0.1, 0.15) is 11.2 Å². The summed E-state index contributed by atoms with van der Waals surface area (Å²) in [7, 11) is 0. The Morgan fingerprint density at radius 2 is 1.68 bits per heavy atom. The van der Waals surface area contributed by atoms with Crippen molar-refractivity contribution >= 4 is 39.4 Å². The first-order valence-corrected chi connectivity index (χ1v) is 8.18. The fourth-order valence-electron chi connectivity index (χ4n) is 3.09. The van der Waals surface area contributed by atoms with E-state index in [-0.39, 0.29) is 5.43 Å². The van der Waals surface area contributed by atoms with E-state index < -0.39 is 0 Å². The fourth-order valence-corrected chi connectivity index (χ4v) is 3.21. The Bertz CT molecular complexity index is 1320. The molecular weight excluding hydrogens is 336 g/mol. The van der Waals surface area contributed by atoms with E-state index in [4.69, 9.17) is 16.0 Å². The molecule has 0 saturated carbocycles. The van der Waals surface area contributed by atoms with Gasteiger partial charge in [-0.1, -0.05) is 35.9 Å². The Morgan fingerprint density at radius 1 is 0.920 bits per heavy atom. The van der Waals surface area contributed by atoms with Crippen molar-refractivity contribution in [2.45, 2.75) is 0 Å². The van der Waals surface area contributed by atoms with Gasteiger partial charge < -0.3 is 4.42 Å². The molecule has 0 aliphatic heterocycles. The van der Waals surface area contributed by atoms with Crippen molar-refractivity contribution in [2.24, 2.45) is 0 Å². The van der Waals surface area contributed by atoms with Crippen LogP contribution < -0.4 is 5.43 Å². The number of nitrogens with zero attached hydrogens (tertiary/aromatic N) is 2. The van der Waals surface area contributed by atoms with Crippen molar-refractivity contribution in [3.05, 3.63) is 82.1 Å². The van der Waals surface area contributed by atoms with Gasteiger partial charge in [-0.2, -0.15) is 4.98 Å². The Labute approximate surface area is 146 Å². The number of benzene rings is 2. The summed E-state index contributed by atoms with van der Waals surface area (Å²) in [5, 5.41) is 1.23. The Morgan fingerprint density at radius 3 is 2.52 bits per heavy atom. The molecular formula is C20H11ClN2O2. The summed E-state index contributed by atoms with van der Waals surface area (Å²) in [5.74, 6) is 0. The smallest absolute Gasteiger partial charge is 0.250 e. The Kier molecular flexibility index (Phi) is 2.96. The second kappa shape index (κ2) is 5.19. The maximum absolute atomic E-state index is 12.9. The first-order valence-electron chi connectivity index (χ1n) is 7.80. The topological polar surface area (TPSA) is 47.5 Å². The van der Waals surface area contributed by atoms with Crippen molar-refractivity contribution in [3.8, 4) is 11.1 Å². The zero-order valence-electron chi connectivity index (χ0n) is 12.9. The molecule has 120 valence electrons. The zero-order valence-corrected chi connectivity index (χ0v) is 13.7. The van der Waals surface area contributed by atoms with Crippen LogP contribution in [0.3, 0.4) is 0 Å². The maximum Gasteiger partial charge on any atom is 0.250 e. The van der Waals surface area contributed by atoms with Gasteiger partial charge in [-0.05, 0) is 47.5 Å². The van der Waals surface area contributed by atoms with Crippen LogP contribution in [0.5, 0.6) is 0 Å². The molecule has 2 aromatic carbocycles. The predicted molar refractivity (Wildman–Crippen MR) is 99.2 cm³/mol. The minimum absolute atomic E-state index is 0.0855. The second-order valence-electron chi connectivity index (χ2n) is 5.85. The normalized spacial score (nSPS) is 11.6. The largest absolute Gasteiger partial charge is 0.436 e. The number of hydrogen-bond donors (Lipinski definition) is 0. The molecule has 5 rings (SSSR count). The zero-order chi connectivity index (χ0) is 17.0. The third-order valence-corrected chi connectivity index (χ3v) is 4.57. The summed E-state index contributed by atoms with van der Waals surface area (Å²) in [6.07, 6.45) is 1.90. The molecule has 5 heteroatoms. The standard InChI is InChI=1S/C20H11ClN2O2/c21-14-8-5-12(6-9-14)13-7-10-17-22-20-18(23(17)11-13)19(24)15-3-1-2-4-16(15)25-20/h1-11H. The molecule has 3 heterocycles. The highest BCUT2D eigenvalue weighted by Gasteiger charge is 2.14. The molecule has 0 fully saturated rings. The number of halogens is 1. The molecule has 0 atom stereocenters. The highest BCUT2D eigenvalue weighted by molar-refractivity contribution is 6.30. The Hall–Kier alpha value is -3.11. The van der Waals surface area contributed by atoms with Crippen LogP contribution >= 0.6 is 11.6 Å². The van der Waals surface area contributed by atoms with E-state index in [2.05, 4.69) is 4.98 Å². The molecule has 3 aromatic heterocycles. The second-order valence-corrected chi connectivity index (χ2v) is 6.28. The van der Waals surface area contributed by atoms with Crippen molar-refractivity contribution in [1.82, 2.24) is 9.38 Å². The summed E-state index contributed by atoms with van der Waals surface area (Å²) >= 11 is 5.96. The molecule has 0 spiro atoms. The molecule has 0 unspecified atom stereocenters. The number of hydrogen-bond acceptors (Lipinski definition) is 3. The van der Waals surface area contributed by atoms with Crippen molar-refractivity contribution < 1.29 is 4.42 Å². The van der Waals surface area contributed by atoms with Gasteiger partial charge in [0.25, 0.3) is 0 Å². The highest BCUT2D eigenvalue weighted by Crippen LogP contribution is 2.25. The van der Waals surface area contributed by atoms with Crippen LogP contribution in [0.2, 0.25) is 5.02 Å². The third kappa shape index (κ3) is 2.15. The van der Waals surface area contributed by atoms with Crippen LogP contribution in [0.25, 0.3) is 39.0 Å². The number of rotatable bonds is 1. The van der Waals surface area contributed by atoms with E-state index in [9.17, 15) is 4.79 Å². The predicted octanol–water partition coefficient (Wildman–Crippen LogP) is 4.91. The molecule has 0 aliphatic rings. The average Bonchev–Trinajstić information content (AvgIpc) is 3.00. The average molecular weight is 347 g/mol. The van der Waals surface area contributed by atoms with E-state index >= 15 is 0 Å². The first-order chi connectivity index (χ1) is 12.2. The molecule has 0 bridgehead atoms. The lowest BCUT2D eigenvalue weighted by molar-refractivity contribution is 0.648.